The maximum Gasteiger partial charge on any atom is 0.118 e. The second-order valence-corrected chi connectivity index (χ2v) is 2.68. The van der Waals surface area contributed by atoms with Crippen LogP contribution in [-0.4, -0.2) is 16.5 Å². The molecule has 0 spiro atoms. The summed E-state index contributed by atoms with van der Waals surface area (Å²) in [6.07, 6.45) is 1.96. The van der Waals surface area contributed by atoms with Gasteiger partial charge in [-0.1, -0.05) is 12.1 Å². The van der Waals surface area contributed by atoms with Gasteiger partial charge in [-0.3, -0.25) is 9.67 Å². The Morgan fingerprint density at radius 3 is 3.08 bits per heavy atom. The molecule has 2 aromatic rings. The van der Waals surface area contributed by atoms with Gasteiger partial charge in [0, 0.05) is 18.6 Å². The first kappa shape index (κ1) is 7.03. The number of fused-ring (bicyclic) bond motifs is 1. The van der Waals surface area contributed by atoms with E-state index < -0.39 is 0 Å². The molecular formula is C9H9N3. The van der Waals surface area contributed by atoms with Gasteiger partial charge >= 0.3 is 0 Å². The zero-order valence-electron chi connectivity index (χ0n) is 6.86. The van der Waals surface area contributed by atoms with Gasteiger partial charge < -0.3 is 0 Å². The van der Waals surface area contributed by atoms with Gasteiger partial charge in [-0.2, -0.15) is 5.10 Å². The van der Waals surface area contributed by atoms with Crippen LogP contribution >= 0.6 is 0 Å². The normalized spacial score (nSPS) is 10.4. The Labute approximate surface area is 70.3 Å². The van der Waals surface area contributed by atoms with Crippen molar-refractivity contribution in [1.29, 1.82) is 0 Å². The summed E-state index contributed by atoms with van der Waals surface area (Å²) in [4.78, 5) is 3.89. The second kappa shape index (κ2) is 2.44. The molecule has 0 saturated heterocycles. The molecule has 0 radical (unpaired) electrons. The molecular weight excluding hydrogens is 150 g/mol. The van der Waals surface area contributed by atoms with Crippen LogP contribution in [-0.2, 0) is 7.05 Å². The van der Waals surface area contributed by atoms with Crippen molar-refractivity contribution in [1.82, 2.24) is 9.78 Å². The quantitative estimate of drug-likeness (QED) is 0.584. The average molecular weight is 159 g/mol. The highest BCUT2D eigenvalue weighted by Crippen LogP contribution is 2.22. The molecule has 0 bridgehead atoms. The van der Waals surface area contributed by atoms with Gasteiger partial charge in [0.15, 0.2) is 0 Å². The van der Waals surface area contributed by atoms with E-state index in [4.69, 9.17) is 0 Å². The summed E-state index contributed by atoms with van der Waals surface area (Å²) < 4.78 is 1.78. The maximum atomic E-state index is 4.27. The van der Waals surface area contributed by atoms with Gasteiger partial charge in [0.2, 0.25) is 0 Å². The first-order valence-electron chi connectivity index (χ1n) is 3.70. The fourth-order valence-corrected chi connectivity index (χ4v) is 1.28. The van der Waals surface area contributed by atoms with Crippen LogP contribution in [0.3, 0.4) is 0 Å². The van der Waals surface area contributed by atoms with Crippen molar-refractivity contribution in [3.8, 4) is 0 Å². The van der Waals surface area contributed by atoms with Gasteiger partial charge in [0.25, 0.3) is 0 Å². The molecule has 0 amide bonds. The summed E-state index contributed by atoms with van der Waals surface area (Å²) in [5.74, 6) is 0. The second-order valence-electron chi connectivity index (χ2n) is 2.68. The Morgan fingerprint density at radius 2 is 2.33 bits per heavy atom. The summed E-state index contributed by atoms with van der Waals surface area (Å²) in [6.45, 7) is 3.49. The molecule has 0 saturated carbocycles. The lowest BCUT2D eigenvalue weighted by Gasteiger charge is -1.91. The lowest BCUT2D eigenvalue weighted by Crippen LogP contribution is -1.84. The Bertz CT molecular complexity index is 428. The van der Waals surface area contributed by atoms with Crippen LogP contribution in [0.4, 0.5) is 5.69 Å². The van der Waals surface area contributed by atoms with E-state index in [1.807, 2.05) is 31.4 Å². The van der Waals surface area contributed by atoms with Crippen molar-refractivity contribution in [3.63, 3.8) is 0 Å². The van der Waals surface area contributed by atoms with Crippen LogP contribution < -0.4 is 0 Å². The number of aromatic nitrogens is 2. The van der Waals surface area contributed by atoms with E-state index in [9.17, 15) is 0 Å². The molecule has 0 aliphatic rings. The zero-order valence-corrected chi connectivity index (χ0v) is 6.86. The van der Waals surface area contributed by atoms with Crippen molar-refractivity contribution in [2.75, 3.05) is 0 Å². The van der Waals surface area contributed by atoms with Crippen LogP contribution in [0.1, 0.15) is 0 Å². The fourth-order valence-electron chi connectivity index (χ4n) is 1.28. The third-order valence-electron chi connectivity index (χ3n) is 1.80. The Kier molecular flexibility index (Phi) is 1.43. The van der Waals surface area contributed by atoms with Gasteiger partial charge in [-0.05, 0) is 12.8 Å². The topological polar surface area (TPSA) is 30.2 Å². The number of rotatable bonds is 1. The minimum absolute atomic E-state index is 0.841. The highest BCUT2D eigenvalue weighted by atomic mass is 15.2. The van der Waals surface area contributed by atoms with Crippen molar-refractivity contribution >= 4 is 23.3 Å². The molecule has 2 rings (SSSR count). The minimum atomic E-state index is 0.841. The molecule has 0 fully saturated rings. The van der Waals surface area contributed by atoms with Crippen molar-refractivity contribution < 1.29 is 0 Å². The van der Waals surface area contributed by atoms with Crippen LogP contribution in [0.2, 0.25) is 0 Å². The molecule has 12 heavy (non-hydrogen) atoms. The molecule has 1 heterocycles. The molecule has 0 atom stereocenters. The SMILES string of the molecule is C=Nc1cccc2cn(C)nc12. The number of nitrogens with zero attached hydrogens (tertiary/aromatic N) is 3. The summed E-state index contributed by atoms with van der Waals surface area (Å²) in [7, 11) is 1.90. The molecule has 3 heteroatoms. The molecule has 0 unspecified atom stereocenters. The van der Waals surface area contributed by atoms with Gasteiger partial charge in [-0.15, -0.1) is 0 Å². The average Bonchev–Trinajstić information content (AvgIpc) is 2.44. The van der Waals surface area contributed by atoms with Crippen LogP contribution in [0.25, 0.3) is 10.9 Å². The van der Waals surface area contributed by atoms with E-state index in [0.29, 0.717) is 0 Å². The van der Waals surface area contributed by atoms with Crippen molar-refractivity contribution in [2.24, 2.45) is 12.0 Å². The third-order valence-corrected chi connectivity index (χ3v) is 1.80. The number of aliphatic imine (C=N–C) groups is 1. The van der Waals surface area contributed by atoms with E-state index in [1.54, 1.807) is 4.68 Å². The lowest BCUT2D eigenvalue weighted by molar-refractivity contribution is 0.780. The molecule has 60 valence electrons. The predicted octanol–water partition coefficient (Wildman–Crippen LogP) is 1.91. The number of hydrogen-bond acceptors (Lipinski definition) is 2. The first-order valence-corrected chi connectivity index (χ1v) is 3.70. The predicted molar refractivity (Wildman–Crippen MR) is 49.9 cm³/mol. The molecule has 1 aromatic heterocycles. The van der Waals surface area contributed by atoms with Gasteiger partial charge in [0.1, 0.15) is 5.52 Å². The smallest absolute Gasteiger partial charge is 0.118 e. The first-order chi connectivity index (χ1) is 5.81. The monoisotopic (exact) mass is 159 g/mol. The molecule has 0 N–H and O–H groups in total. The van der Waals surface area contributed by atoms with E-state index in [1.165, 1.54) is 0 Å². The minimum Gasteiger partial charge on any atom is -0.275 e. The Morgan fingerprint density at radius 1 is 1.50 bits per heavy atom. The molecule has 0 aliphatic carbocycles. The van der Waals surface area contributed by atoms with Gasteiger partial charge in [-0.25, -0.2) is 0 Å². The van der Waals surface area contributed by atoms with Crippen LogP contribution in [0, 0.1) is 0 Å². The van der Waals surface area contributed by atoms with Crippen LogP contribution in [0.15, 0.2) is 29.4 Å². The largest absolute Gasteiger partial charge is 0.275 e. The summed E-state index contributed by atoms with van der Waals surface area (Å²) >= 11 is 0. The van der Waals surface area contributed by atoms with Crippen molar-refractivity contribution in [3.05, 3.63) is 24.4 Å². The number of aryl methyl sites for hydroxylation is 1. The van der Waals surface area contributed by atoms with E-state index >= 15 is 0 Å². The summed E-state index contributed by atoms with van der Waals surface area (Å²) in [5, 5.41) is 5.37. The van der Waals surface area contributed by atoms with Crippen molar-refractivity contribution in [2.45, 2.75) is 0 Å². The van der Waals surface area contributed by atoms with E-state index in [-0.39, 0.29) is 0 Å². The molecule has 3 nitrogen and oxygen atoms in total. The summed E-state index contributed by atoms with van der Waals surface area (Å²) in [5.41, 5.74) is 1.75. The Balaban J connectivity index is 2.86. The van der Waals surface area contributed by atoms with E-state index in [2.05, 4.69) is 16.8 Å². The molecule has 0 aliphatic heterocycles. The lowest BCUT2D eigenvalue weighted by atomic mass is 10.2. The van der Waals surface area contributed by atoms with Gasteiger partial charge in [0.05, 0.1) is 5.69 Å². The zero-order chi connectivity index (χ0) is 8.55. The molecule has 1 aromatic carbocycles. The van der Waals surface area contributed by atoms with E-state index in [0.717, 1.165) is 16.6 Å². The highest BCUT2D eigenvalue weighted by Gasteiger charge is 2.01. The summed E-state index contributed by atoms with van der Waals surface area (Å²) in [6, 6.07) is 5.87. The number of hydrogen-bond donors (Lipinski definition) is 0. The standard InChI is InChI=1S/C9H9N3/c1-10-8-5-3-4-7-6-12(2)11-9(7)8/h3-6H,1H2,2H3. The maximum absolute atomic E-state index is 4.27. The number of benzene rings is 1. The Hall–Kier alpha value is -1.64. The van der Waals surface area contributed by atoms with Crippen LogP contribution in [0.5, 0.6) is 0 Å². The third kappa shape index (κ3) is 0.906. The fraction of sp³-hybridized carbons (Fsp3) is 0.111. The highest BCUT2D eigenvalue weighted by molar-refractivity contribution is 5.89.